The van der Waals surface area contributed by atoms with E-state index < -0.39 is 84.5 Å². The van der Waals surface area contributed by atoms with Crippen molar-refractivity contribution in [3.63, 3.8) is 0 Å². The zero-order valence-corrected chi connectivity index (χ0v) is 41.8. The molecule has 360 valence electrons. The molecule has 2 heterocycles. The average molecular weight is 945 g/mol. The van der Waals surface area contributed by atoms with Gasteiger partial charge in [0.2, 0.25) is 0 Å². The van der Waals surface area contributed by atoms with E-state index in [0.717, 1.165) is 22.3 Å². The van der Waals surface area contributed by atoms with Crippen molar-refractivity contribution in [1.82, 2.24) is 0 Å². The van der Waals surface area contributed by atoms with E-state index in [4.69, 9.17) is 41.4 Å². The lowest BCUT2D eigenvalue weighted by atomic mass is 9.84. The van der Waals surface area contributed by atoms with Gasteiger partial charge < -0.3 is 56.7 Å². The molecule has 11 atom stereocenters. The minimum Gasteiger partial charge on any atom is -0.414 e. The molecule has 2 saturated heterocycles. The van der Waals surface area contributed by atoms with Crippen molar-refractivity contribution >= 4 is 17.1 Å². The van der Waals surface area contributed by atoms with Gasteiger partial charge in [-0.1, -0.05) is 177 Å². The van der Waals surface area contributed by atoms with Crippen molar-refractivity contribution in [3.8, 4) is 0 Å². The van der Waals surface area contributed by atoms with Crippen molar-refractivity contribution < 1.29 is 56.7 Å². The van der Waals surface area contributed by atoms with Crippen LogP contribution in [-0.2, 0) is 67.8 Å². The van der Waals surface area contributed by atoms with Crippen LogP contribution in [0.2, 0.25) is 22.2 Å². The van der Waals surface area contributed by atoms with Crippen LogP contribution >= 0.6 is 0 Å². The Morgan fingerprint density at radius 2 is 0.833 bits per heavy atom. The van der Waals surface area contributed by atoms with Gasteiger partial charge in [0.05, 0.1) is 33.0 Å². The number of benzene rings is 4. The Labute approximate surface area is 393 Å². The highest BCUT2D eigenvalue weighted by Gasteiger charge is 2.66. The van der Waals surface area contributed by atoms with E-state index >= 15 is 0 Å². The number of ether oxygens (including phenoxy) is 6. The van der Waals surface area contributed by atoms with Crippen molar-refractivity contribution in [2.75, 3.05) is 6.61 Å². The standard InChI is InChI=1S/C52H72O12Si2/c1-34(2)65(35(3)4)62-48-44(54)43(53)47(45(55)49(48)63-66(64-65,36(5)6)37(7)8)61-52-51(59-32-41-27-19-12-20-28-41)50(58-31-40-25-17-11-18-26-40)46(57-30-39-23-15-10-16-24-39)42(60-52)33-56-29-38-21-13-9-14-22-38/h9-28,34-37,42-55H,29-33H2,1-8H3/t42-,43-,44+,45-,46-,47+,48+,49+,50+,51+,52+/m1/s1. The molecule has 0 bridgehead atoms. The fourth-order valence-electron chi connectivity index (χ4n) is 9.68. The largest absolute Gasteiger partial charge is 0.414 e. The van der Waals surface area contributed by atoms with Crippen LogP contribution in [0.25, 0.3) is 0 Å². The molecule has 3 fully saturated rings. The highest BCUT2D eigenvalue weighted by Crippen LogP contribution is 2.50. The third-order valence-corrected chi connectivity index (χ3v) is 23.6. The highest BCUT2D eigenvalue weighted by atomic mass is 28.5. The predicted molar refractivity (Wildman–Crippen MR) is 255 cm³/mol. The molecule has 3 N–H and O–H groups in total. The van der Waals surface area contributed by atoms with E-state index in [2.05, 4.69) is 55.4 Å². The maximum atomic E-state index is 12.7. The van der Waals surface area contributed by atoms with Gasteiger partial charge in [-0.15, -0.1) is 0 Å². The minimum atomic E-state index is -3.23. The summed E-state index contributed by atoms with van der Waals surface area (Å²) in [6.45, 7) is 17.7. The van der Waals surface area contributed by atoms with E-state index in [1.54, 1.807) is 0 Å². The summed E-state index contributed by atoms with van der Waals surface area (Å²) < 4.78 is 62.4. The van der Waals surface area contributed by atoms with Crippen molar-refractivity contribution in [3.05, 3.63) is 144 Å². The third-order valence-electron chi connectivity index (χ3n) is 13.3. The van der Waals surface area contributed by atoms with Crippen molar-refractivity contribution in [2.24, 2.45) is 0 Å². The molecule has 4 aromatic rings. The number of fused-ring (bicyclic) bond motifs is 1. The second-order valence-electron chi connectivity index (χ2n) is 19.2. The van der Waals surface area contributed by atoms with Gasteiger partial charge >= 0.3 is 17.1 Å². The molecular formula is C52H72O12Si2. The van der Waals surface area contributed by atoms with Gasteiger partial charge in [-0.3, -0.25) is 0 Å². The van der Waals surface area contributed by atoms with Crippen LogP contribution in [0, 0.1) is 0 Å². The Balaban J connectivity index is 1.27. The van der Waals surface area contributed by atoms with Gasteiger partial charge in [-0.25, -0.2) is 0 Å². The molecule has 0 unspecified atom stereocenters. The van der Waals surface area contributed by atoms with Gasteiger partial charge in [0, 0.05) is 0 Å². The lowest BCUT2D eigenvalue weighted by molar-refractivity contribution is -0.355. The van der Waals surface area contributed by atoms with Crippen molar-refractivity contribution in [2.45, 2.75) is 171 Å². The van der Waals surface area contributed by atoms with Crippen LogP contribution in [0.15, 0.2) is 121 Å². The first-order valence-corrected chi connectivity index (χ1v) is 27.7. The monoisotopic (exact) mass is 944 g/mol. The van der Waals surface area contributed by atoms with E-state index in [0.29, 0.717) is 6.61 Å². The Morgan fingerprint density at radius 1 is 0.455 bits per heavy atom. The van der Waals surface area contributed by atoms with Crippen LogP contribution in [0.4, 0.5) is 0 Å². The molecule has 2 aliphatic heterocycles. The van der Waals surface area contributed by atoms with Gasteiger partial charge in [0.25, 0.3) is 0 Å². The van der Waals surface area contributed by atoms with Crippen LogP contribution in [-0.4, -0.2) is 106 Å². The summed E-state index contributed by atoms with van der Waals surface area (Å²) in [5.74, 6) is 0. The number of rotatable bonds is 19. The number of aliphatic hydroxyl groups excluding tert-OH is 3. The Hall–Kier alpha value is -3.17. The lowest BCUT2D eigenvalue weighted by Gasteiger charge is -2.50. The molecule has 0 aromatic heterocycles. The third kappa shape index (κ3) is 11.5. The maximum absolute atomic E-state index is 12.7. The normalized spacial score (nSPS) is 29.8. The zero-order valence-electron chi connectivity index (χ0n) is 39.8. The molecule has 7 rings (SSSR count). The van der Waals surface area contributed by atoms with E-state index in [9.17, 15) is 15.3 Å². The maximum Gasteiger partial charge on any atom is 0.335 e. The zero-order chi connectivity index (χ0) is 47.0. The highest BCUT2D eigenvalue weighted by molar-refractivity contribution is 6.84. The van der Waals surface area contributed by atoms with E-state index in [1.807, 2.05) is 121 Å². The van der Waals surface area contributed by atoms with E-state index in [1.165, 1.54) is 0 Å². The fourth-order valence-corrected chi connectivity index (χ4v) is 21.0. The van der Waals surface area contributed by atoms with Crippen LogP contribution in [0.3, 0.4) is 0 Å². The summed E-state index contributed by atoms with van der Waals surface area (Å²) in [4.78, 5) is 0. The van der Waals surface area contributed by atoms with Crippen LogP contribution in [0.1, 0.15) is 77.6 Å². The number of aliphatic hydroxyl groups is 3. The molecule has 0 amide bonds. The fraction of sp³-hybridized carbons (Fsp3) is 0.538. The summed E-state index contributed by atoms with van der Waals surface area (Å²) >= 11 is 0. The topological polar surface area (TPSA) is 144 Å². The Kier molecular flexibility index (Phi) is 17.6. The van der Waals surface area contributed by atoms with Gasteiger partial charge in [-0.2, -0.15) is 0 Å². The summed E-state index contributed by atoms with van der Waals surface area (Å²) in [7, 11) is -6.42. The van der Waals surface area contributed by atoms with E-state index in [-0.39, 0.29) is 48.6 Å². The average Bonchev–Trinajstić information content (AvgIpc) is 3.50. The summed E-state index contributed by atoms with van der Waals surface area (Å²) in [5, 5.41) is 37.1. The molecule has 4 aromatic carbocycles. The van der Waals surface area contributed by atoms with Gasteiger partial charge in [0.1, 0.15) is 61.0 Å². The predicted octanol–water partition coefficient (Wildman–Crippen LogP) is 8.49. The molecule has 1 aliphatic carbocycles. The second-order valence-corrected chi connectivity index (χ2v) is 28.0. The SMILES string of the molecule is CC(C)[Si]1(C(C)C)O[C@H]2[C@H](O)[C@@H](O[C@@H]3O[C@H](COCc4ccccc4)[C@@H](OCc4ccccc4)[C@H](OCc4ccccc4)[C@@H]3OCc3ccccc3)[C@H](O)[C@H](O)[C@@H]2O[Si](C(C)C)(C(C)C)O1. The minimum absolute atomic E-state index is 0.0243. The van der Waals surface area contributed by atoms with Gasteiger partial charge in [-0.05, 0) is 44.4 Å². The molecule has 12 nitrogen and oxygen atoms in total. The van der Waals surface area contributed by atoms with Crippen molar-refractivity contribution in [1.29, 1.82) is 0 Å². The number of hydrogen-bond donors (Lipinski definition) is 3. The second kappa shape index (κ2) is 23.0. The molecular weight excluding hydrogens is 873 g/mol. The molecule has 3 aliphatic rings. The summed E-state index contributed by atoms with van der Waals surface area (Å²) in [5.41, 5.74) is 3.66. The lowest BCUT2D eigenvalue weighted by Crippen LogP contribution is -2.69. The van der Waals surface area contributed by atoms with Gasteiger partial charge in [0.15, 0.2) is 6.29 Å². The first-order chi connectivity index (χ1) is 31.7. The first kappa shape index (κ1) is 50.7. The Bertz CT molecular complexity index is 2010. The summed E-state index contributed by atoms with van der Waals surface area (Å²) in [6.07, 6.45) is -12.8. The molecule has 0 radical (unpaired) electrons. The Morgan fingerprint density at radius 3 is 1.26 bits per heavy atom. The molecule has 1 saturated carbocycles. The van der Waals surface area contributed by atoms with Crippen LogP contribution < -0.4 is 0 Å². The smallest absolute Gasteiger partial charge is 0.335 e. The molecule has 14 heteroatoms. The van der Waals surface area contributed by atoms with Crippen LogP contribution in [0.5, 0.6) is 0 Å². The molecule has 66 heavy (non-hydrogen) atoms. The first-order valence-electron chi connectivity index (χ1n) is 23.7. The summed E-state index contributed by atoms with van der Waals surface area (Å²) in [6, 6.07) is 39.4. The molecule has 0 spiro atoms. The number of hydrogen-bond acceptors (Lipinski definition) is 12. The quantitative estimate of drug-likeness (QED) is 0.0776.